The number of hydrogen-bond donors (Lipinski definition) is 0. The molecule has 0 amide bonds. The quantitative estimate of drug-likeness (QED) is 0.840. The predicted molar refractivity (Wildman–Crippen MR) is 75.1 cm³/mol. The number of nitrogens with zero attached hydrogens (tertiary/aromatic N) is 1. The zero-order valence-corrected chi connectivity index (χ0v) is 12.0. The standard InChI is InChI=1S/C15H21NO3/c1-10-11(2)16(8-7-13(10)17)12-5-6-14(18-3)15(9-12)19-4/h5-6,9-11H,7-8H2,1-4H3. The Kier molecular flexibility index (Phi) is 3.98. The van der Waals surface area contributed by atoms with Gasteiger partial charge in [-0.3, -0.25) is 4.79 Å². The van der Waals surface area contributed by atoms with E-state index in [1.54, 1.807) is 14.2 Å². The molecule has 1 heterocycles. The Morgan fingerprint density at radius 1 is 1.16 bits per heavy atom. The van der Waals surface area contributed by atoms with E-state index in [4.69, 9.17) is 9.47 Å². The summed E-state index contributed by atoms with van der Waals surface area (Å²) in [7, 11) is 3.26. The predicted octanol–water partition coefficient (Wildman–Crippen LogP) is 2.51. The lowest BCUT2D eigenvalue weighted by Crippen LogP contribution is -2.46. The molecule has 0 aromatic heterocycles. The van der Waals surface area contributed by atoms with E-state index in [2.05, 4.69) is 11.8 Å². The molecule has 4 nitrogen and oxygen atoms in total. The Morgan fingerprint density at radius 2 is 1.84 bits per heavy atom. The number of ketones is 1. The van der Waals surface area contributed by atoms with Crippen molar-refractivity contribution in [2.45, 2.75) is 26.3 Å². The fourth-order valence-electron chi connectivity index (χ4n) is 2.57. The minimum Gasteiger partial charge on any atom is -0.493 e. The molecule has 104 valence electrons. The van der Waals surface area contributed by atoms with Gasteiger partial charge in [0.15, 0.2) is 11.5 Å². The van der Waals surface area contributed by atoms with Gasteiger partial charge in [-0.05, 0) is 19.1 Å². The first kappa shape index (κ1) is 13.7. The Bertz CT molecular complexity index is 472. The second-order valence-corrected chi connectivity index (χ2v) is 4.98. The number of Topliss-reactive ketones (excluding diaryl/α,β-unsaturated/α-hetero) is 1. The lowest BCUT2D eigenvalue weighted by molar-refractivity contribution is -0.123. The van der Waals surface area contributed by atoms with Gasteiger partial charge >= 0.3 is 0 Å². The first-order valence-electron chi connectivity index (χ1n) is 6.60. The van der Waals surface area contributed by atoms with E-state index in [0.717, 1.165) is 23.7 Å². The van der Waals surface area contributed by atoms with Crippen molar-refractivity contribution >= 4 is 11.5 Å². The molecule has 19 heavy (non-hydrogen) atoms. The second-order valence-electron chi connectivity index (χ2n) is 4.98. The summed E-state index contributed by atoms with van der Waals surface area (Å²) in [4.78, 5) is 14.0. The summed E-state index contributed by atoms with van der Waals surface area (Å²) in [6.45, 7) is 4.86. The molecule has 1 fully saturated rings. The molecular weight excluding hydrogens is 242 g/mol. The molecule has 0 spiro atoms. The second kappa shape index (κ2) is 5.51. The van der Waals surface area contributed by atoms with Crippen LogP contribution in [0.5, 0.6) is 11.5 Å². The number of benzene rings is 1. The van der Waals surface area contributed by atoms with Crippen molar-refractivity contribution in [2.75, 3.05) is 25.7 Å². The van der Waals surface area contributed by atoms with Gasteiger partial charge in [0, 0.05) is 36.7 Å². The summed E-state index contributed by atoms with van der Waals surface area (Å²) < 4.78 is 10.6. The van der Waals surface area contributed by atoms with E-state index in [1.807, 2.05) is 25.1 Å². The SMILES string of the molecule is COc1ccc(N2CCC(=O)C(C)C2C)cc1OC. The lowest BCUT2D eigenvalue weighted by atomic mass is 9.90. The van der Waals surface area contributed by atoms with Crippen LogP contribution in [0, 0.1) is 5.92 Å². The molecule has 2 atom stereocenters. The number of anilines is 1. The highest BCUT2D eigenvalue weighted by molar-refractivity contribution is 5.84. The van der Waals surface area contributed by atoms with E-state index in [-0.39, 0.29) is 12.0 Å². The van der Waals surface area contributed by atoms with Gasteiger partial charge in [-0.1, -0.05) is 6.92 Å². The molecule has 0 bridgehead atoms. The lowest BCUT2D eigenvalue weighted by Gasteiger charge is -2.38. The Hall–Kier alpha value is -1.71. The van der Waals surface area contributed by atoms with E-state index >= 15 is 0 Å². The van der Waals surface area contributed by atoms with Crippen molar-refractivity contribution in [1.29, 1.82) is 0 Å². The van der Waals surface area contributed by atoms with Crippen LogP contribution in [0.4, 0.5) is 5.69 Å². The van der Waals surface area contributed by atoms with Gasteiger partial charge in [-0.25, -0.2) is 0 Å². The molecule has 1 saturated heterocycles. The van der Waals surface area contributed by atoms with Crippen LogP contribution in [-0.2, 0) is 4.79 Å². The Labute approximate surface area is 114 Å². The zero-order chi connectivity index (χ0) is 14.0. The summed E-state index contributed by atoms with van der Waals surface area (Å²) in [6, 6.07) is 6.10. The third-order valence-electron chi connectivity index (χ3n) is 4.02. The van der Waals surface area contributed by atoms with E-state index < -0.39 is 0 Å². The number of rotatable bonds is 3. The topological polar surface area (TPSA) is 38.8 Å². The van der Waals surface area contributed by atoms with Gasteiger partial charge in [0.05, 0.1) is 14.2 Å². The molecular formula is C15H21NO3. The fraction of sp³-hybridized carbons (Fsp3) is 0.533. The number of carbonyl (C=O) groups excluding carboxylic acids is 1. The first-order chi connectivity index (χ1) is 9.08. The largest absolute Gasteiger partial charge is 0.493 e. The number of carbonyl (C=O) groups is 1. The Balaban J connectivity index is 2.29. The number of piperidine rings is 1. The molecule has 1 aromatic carbocycles. The van der Waals surface area contributed by atoms with Gasteiger partial charge < -0.3 is 14.4 Å². The van der Waals surface area contributed by atoms with Crippen LogP contribution in [0.1, 0.15) is 20.3 Å². The average molecular weight is 263 g/mol. The summed E-state index contributed by atoms with van der Waals surface area (Å²) in [5.41, 5.74) is 1.07. The molecule has 0 radical (unpaired) electrons. The fourth-order valence-corrected chi connectivity index (χ4v) is 2.57. The maximum atomic E-state index is 11.7. The number of methoxy groups -OCH3 is 2. The van der Waals surface area contributed by atoms with Crippen LogP contribution in [-0.4, -0.2) is 32.6 Å². The number of hydrogen-bond acceptors (Lipinski definition) is 4. The van der Waals surface area contributed by atoms with Crippen molar-refractivity contribution in [3.05, 3.63) is 18.2 Å². The third kappa shape index (κ3) is 2.53. The smallest absolute Gasteiger partial charge is 0.162 e. The highest BCUT2D eigenvalue weighted by Crippen LogP contribution is 2.34. The molecule has 0 N–H and O–H groups in total. The van der Waals surface area contributed by atoms with Crippen LogP contribution in [0.25, 0.3) is 0 Å². The van der Waals surface area contributed by atoms with Crippen LogP contribution in [0.3, 0.4) is 0 Å². The molecule has 1 aliphatic heterocycles. The minimum atomic E-state index is 0.0712. The van der Waals surface area contributed by atoms with Crippen LogP contribution in [0.2, 0.25) is 0 Å². The molecule has 0 aliphatic carbocycles. The monoisotopic (exact) mass is 263 g/mol. The van der Waals surface area contributed by atoms with Gasteiger partial charge in [-0.2, -0.15) is 0 Å². The first-order valence-corrected chi connectivity index (χ1v) is 6.60. The zero-order valence-electron chi connectivity index (χ0n) is 12.0. The van der Waals surface area contributed by atoms with E-state index in [1.165, 1.54) is 0 Å². The highest BCUT2D eigenvalue weighted by atomic mass is 16.5. The highest BCUT2D eigenvalue weighted by Gasteiger charge is 2.31. The third-order valence-corrected chi connectivity index (χ3v) is 4.02. The van der Waals surface area contributed by atoms with Gasteiger partial charge in [0.25, 0.3) is 0 Å². The molecule has 0 saturated carbocycles. The Morgan fingerprint density at radius 3 is 2.47 bits per heavy atom. The summed E-state index contributed by atoms with van der Waals surface area (Å²) >= 11 is 0. The molecule has 2 rings (SSSR count). The van der Waals surface area contributed by atoms with Crippen LogP contribution >= 0.6 is 0 Å². The summed E-state index contributed by atoms with van der Waals surface area (Å²) in [6.07, 6.45) is 0.611. The van der Waals surface area contributed by atoms with Crippen molar-refractivity contribution in [2.24, 2.45) is 5.92 Å². The van der Waals surface area contributed by atoms with Crippen molar-refractivity contribution in [3.8, 4) is 11.5 Å². The van der Waals surface area contributed by atoms with Gasteiger partial charge in [-0.15, -0.1) is 0 Å². The van der Waals surface area contributed by atoms with Crippen molar-refractivity contribution < 1.29 is 14.3 Å². The van der Waals surface area contributed by atoms with Crippen LogP contribution in [0.15, 0.2) is 18.2 Å². The number of ether oxygens (including phenoxy) is 2. The van der Waals surface area contributed by atoms with Gasteiger partial charge in [0.1, 0.15) is 5.78 Å². The maximum absolute atomic E-state index is 11.7. The molecule has 1 aliphatic rings. The molecule has 1 aromatic rings. The van der Waals surface area contributed by atoms with Crippen molar-refractivity contribution in [3.63, 3.8) is 0 Å². The van der Waals surface area contributed by atoms with E-state index in [0.29, 0.717) is 12.2 Å². The van der Waals surface area contributed by atoms with Gasteiger partial charge in [0.2, 0.25) is 0 Å². The average Bonchev–Trinajstić information content (AvgIpc) is 2.44. The molecule has 2 unspecified atom stereocenters. The van der Waals surface area contributed by atoms with Crippen LogP contribution < -0.4 is 14.4 Å². The normalized spacial score (nSPS) is 23.4. The minimum absolute atomic E-state index is 0.0712. The summed E-state index contributed by atoms with van der Waals surface area (Å²) in [5.74, 6) is 1.86. The maximum Gasteiger partial charge on any atom is 0.162 e. The molecule has 4 heteroatoms. The van der Waals surface area contributed by atoms with E-state index in [9.17, 15) is 4.79 Å². The van der Waals surface area contributed by atoms with Crippen molar-refractivity contribution in [1.82, 2.24) is 0 Å². The summed E-state index contributed by atoms with van der Waals surface area (Å²) in [5, 5.41) is 0.